The summed E-state index contributed by atoms with van der Waals surface area (Å²) in [7, 11) is 0. The van der Waals surface area contributed by atoms with Gasteiger partial charge < -0.3 is 42.1 Å². The van der Waals surface area contributed by atoms with Gasteiger partial charge in [-0.15, -0.1) is 0 Å². The van der Waals surface area contributed by atoms with Crippen LogP contribution in [0.2, 0.25) is 0 Å². The molecular formula is C12H28N2O10. The van der Waals surface area contributed by atoms with Crippen molar-refractivity contribution in [3.63, 3.8) is 0 Å². The number of aliphatic hydroxyl groups excluding tert-OH is 1. The number of rotatable bonds is 2. The van der Waals surface area contributed by atoms with Crippen LogP contribution < -0.4 is 11.5 Å². The monoisotopic (exact) mass is 360 g/mol. The Morgan fingerprint density at radius 1 is 0.833 bits per heavy atom. The summed E-state index contributed by atoms with van der Waals surface area (Å²) in [4.78, 5) is 36.0. The number of aliphatic hydroxyl groups is 2. The van der Waals surface area contributed by atoms with Crippen LogP contribution in [0.5, 0.6) is 0 Å². The molecule has 12 heteroatoms. The highest BCUT2D eigenvalue weighted by molar-refractivity contribution is 5.63. The molecular weight excluding hydrogens is 332 g/mol. The highest BCUT2D eigenvalue weighted by atomic mass is 16.4. The van der Waals surface area contributed by atoms with E-state index in [0.29, 0.717) is 0 Å². The minimum Gasteiger partial charge on any atom is -0.481 e. The van der Waals surface area contributed by atoms with Gasteiger partial charge in [0.15, 0.2) is 5.72 Å². The van der Waals surface area contributed by atoms with Gasteiger partial charge in [-0.2, -0.15) is 0 Å². The van der Waals surface area contributed by atoms with E-state index in [1.807, 2.05) is 0 Å². The van der Waals surface area contributed by atoms with Crippen molar-refractivity contribution in [1.82, 2.24) is 0 Å². The molecule has 0 aromatic rings. The van der Waals surface area contributed by atoms with Crippen molar-refractivity contribution in [1.29, 1.82) is 0 Å². The third-order valence-corrected chi connectivity index (χ3v) is 1.08. The predicted molar refractivity (Wildman–Crippen MR) is 82.9 cm³/mol. The molecule has 146 valence electrons. The van der Waals surface area contributed by atoms with Crippen LogP contribution in [0, 0.1) is 0 Å². The van der Waals surface area contributed by atoms with Crippen LogP contribution in [0.25, 0.3) is 0 Å². The van der Waals surface area contributed by atoms with E-state index in [9.17, 15) is 0 Å². The fourth-order valence-electron chi connectivity index (χ4n) is 0.209. The molecule has 0 fully saturated rings. The first-order valence-corrected chi connectivity index (χ1v) is 6.16. The van der Waals surface area contributed by atoms with E-state index in [0.717, 1.165) is 27.7 Å². The third kappa shape index (κ3) is 153. The summed E-state index contributed by atoms with van der Waals surface area (Å²) >= 11 is 0. The Balaban J connectivity index is -0.0000000657. The molecule has 0 saturated carbocycles. The van der Waals surface area contributed by atoms with Crippen LogP contribution in [-0.4, -0.2) is 66.5 Å². The lowest BCUT2D eigenvalue weighted by Gasteiger charge is -2.23. The molecule has 24 heavy (non-hydrogen) atoms. The fraction of sp³-hybridized carbons (Fsp3) is 0.667. The van der Waals surface area contributed by atoms with Gasteiger partial charge in [-0.25, -0.2) is 0 Å². The van der Waals surface area contributed by atoms with E-state index in [1.54, 1.807) is 6.92 Å². The van der Waals surface area contributed by atoms with Gasteiger partial charge in [0.25, 0.3) is 23.9 Å². The number of carbonyl (C=O) groups is 4. The second kappa shape index (κ2) is 20.7. The van der Waals surface area contributed by atoms with Gasteiger partial charge in [0.1, 0.15) is 6.23 Å². The van der Waals surface area contributed by atoms with Gasteiger partial charge in [-0.3, -0.25) is 19.2 Å². The first-order chi connectivity index (χ1) is 10.4. The second-order valence-corrected chi connectivity index (χ2v) is 3.87. The van der Waals surface area contributed by atoms with E-state index < -0.39 is 35.8 Å². The maximum Gasteiger partial charge on any atom is 0.300 e. The summed E-state index contributed by atoms with van der Waals surface area (Å²) in [6.07, 6.45) is -1.11. The number of hydrogen-bond acceptors (Lipinski definition) is 8. The van der Waals surface area contributed by atoms with Gasteiger partial charge >= 0.3 is 0 Å². The summed E-state index contributed by atoms with van der Waals surface area (Å²) in [5.74, 6) is -3.33. The second-order valence-electron chi connectivity index (χ2n) is 3.87. The quantitative estimate of drug-likeness (QED) is 0.267. The summed E-state index contributed by atoms with van der Waals surface area (Å²) in [6, 6.07) is 0. The Morgan fingerprint density at radius 2 is 0.958 bits per heavy atom. The maximum absolute atomic E-state index is 9.00. The highest BCUT2D eigenvalue weighted by Crippen LogP contribution is 2.01. The van der Waals surface area contributed by atoms with Gasteiger partial charge in [-0.05, 0) is 6.42 Å². The van der Waals surface area contributed by atoms with E-state index in [-0.39, 0.29) is 6.42 Å². The van der Waals surface area contributed by atoms with Crippen molar-refractivity contribution < 1.29 is 49.8 Å². The molecule has 2 atom stereocenters. The smallest absolute Gasteiger partial charge is 0.300 e. The normalized spacial score (nSPS) is 11.5. The molecule has 0 amide bonds. The van der Waals surface area contributed by atoms with Crippen LogP contribution in [0.3, 0.4) is 0 Å². The van der Waals surface area contributed by atoms with Crippen LogP contribution in [0.4, 0.5) is 0 Å². The first-order valence-electron chi connectivity index (χ1n) is 6.16. The molecule has 0 aliphatic heterocycles. The molecule has 12 nitrogen and oxygen atoms in total. The zero-order valence-corrected chi connectivity index (χ0v) is 14.3. The van der Waals surface area contributed by atoms with Gasteiger partial charge in [-0.1, -0.05) is 6.92 Å². The van der Waals surface area contributed by atoms with Crippen molar-refractivity contribution in [2.24, 2.45) is 11.5 Å². The molecule has 0 saturated heterocycles. The average Bonchev–Trinajstić information content (AvgIpc) is 2.25. The van der Waals surface area contributed by atoms with Gasteiger partial charge in [0, 0.05) is 27.7 Å². The first kappa shape index (κ1) is 33.4. The van der Waals surface area contributed by atoms with Crippen molar-refractivity contribution in [2.45, 2.75) is 53.0 Å². The van der Waals surface area contributed by atoms with E-state index in [1.165, 1.54) is 0 Å². The van der Waals surface area contributed by atoms with Crippen LogP contribution in [-0.2, 0) is 19.2 Å². The number of aliphatic carboxylic acids is 4. The molecule has 0 aliphatic carbocycles. The number of hydrogen-bond donors (Lipinski definition) is 8. The summed E-state index contributed by atoms with van der Waals surface area (Å²) < 4.78 is 0. The fourth-order valence-corrected chi connectivity index (χ4v) is 0.209. The molecule has 0 aliphatic rings. The number of carboxylic acids is 4. The van der Waals surface area contributed by atoms with E-state index >= 15 is 0 Å². The van der Waals surface area contributed by atoms with Crippen LogP contribution in [0.15, 0.2) is 0 Å². The molecule has 10 N–H and O–H groups in total. The van der Waals surface area contributed by atoms with E-state index in [4.69, 9.17) is 61.3 Å². The number of carboxylic acid groups (broad SMARTS) is 4. The molecule has 0 radical (unpaired) electrons. The molecule has 0 aromatic heterocycles. The molecule has 0 rings (SSSR count). The van der Waals surface area contributed by atoms with E-state index in [2.05, 4.69) is 0 Å². The Labute approximate surface area is 139 Å². The Hall–Kier alpha value is -2.28. The molecule has 0 spiro atoms. The zero-order chi connectivity index (χ0) is 21.1. The Kier molecular flexibility index (Phi) is 28.8. The molecule has 0 aromatic carbocycles. The highest BCUT2D eigenvalue weighted by Gasteiger charge is 2.24. The lowest BCUT2D eigenvalue weighted by Crippen LogP contribution is -2.54. The molecule has 2 unspecified atom stereocenters. The topological polar surface area (TPSA) is 242 Å². The largest absolute Gasteiger partial charge is 0.481 e. The SMILES string of the molecule is CC(=O)O.CC(=O)O.CC(=O)O.CC(=O)O.CCC(N)(O)C(N)O. The van der Waals surface area contributed by atoms with Crippen LogP contribution >= 0.6 is 0 Å². The molecule has 0 heterocycles. The minimum absolute atomic E-state index is 0.241. The maximum atomic E-state index is 9.00. The summed E-state index contributed by atoms with van der Waals surface area (Å²) in [5.41, 5.74) is 8.28. The minimum atomic E-state index is -1.62. The Bertz CT molecular complexity index is 292. The van der Waals surface area contributed by atoms with Gasteiger partial charge in [0.2, 0.25) is 0 Å². The van der Waals surface area contributed by atoms with Crippen molar-refractivity contribution in [3.05, 3.63) is 0 Å². The van der Waals surface area contributed by atoms with Crippen LogP contribution in [0.1, 0.15) is 41.0 Å². The number of nitrogens with two attached hydrogens (primary N) is 2. The predicted octanol–water partition coefficient (Wildman–Crippen LogP) is -1.32. The standard InChI is InChI=1S/C4H12N2O2.4C2H4O2/c1-2-4(6,8)3(5)7;4*1-2(3)4/h3,7-8H,2,5-6H2,1H3;4*1H3,(H,3,4). The zero-order valence-electron chi connectivity index (χ0n) is 14.3. The molecule has 0 bridgehead atoms. The van der Waals surface area contributed by atoms with Crippen molar-refractivity contribution >= 4 is 23.9 Å². The lowest BCUT2D eigenvalue weighted by molar-refractivity contribution is -0.135. The average molecular weight is 360 g/mol. The third-order valence-electron chi connectivity index (χ3n) is 1.08. The van der Waals surface area contributed by atoms with Gasteiger partial charge in [0.05, 0.1) is 0 Å². The van der Waals surface area contributed by atoms with Crippen molar-refractivity contribution in [2.75, 3.05) is 0 Å². The van der Waals surface area contributed by atoms with Crippen molar-refractivity contribution in [3.8, 4) is 0 Å². The Morgan fingerprint density at radius 3 is 0.958 bits per heavy atom. The lowest BCUT2D eigenvalue weighted by atomic mass is 10.1. The summed E-state index contributed by atoms with van der Waals surface area (Å²) in [6.45, 7) is 5.97. The summed E-state index contributed by atoms with van der Waals surface area (Å²) in [5, 5.41) is 47.0.